The van der Waals surface area contributed by atoms with Crippen LogP contribution in [0.15, 0.2) is 0 Å². The fourth-order valence-corrected chi connectivity index (χ4v) is 1.17. The summed E-state index contributed by atoms with van der Waals surface area (Å²) in [6.07, 6.45) is -0.0492. The maximum absolute atomic E-state index is 10.8. The molecule has 0 aliphatic heterocycles. The summed E-state index contributed by atoms with van der Waals surface area (Å²) in [6.45, 7) is 0. The Balaban J connectivity index is 3.92. The highest BCUT2D eigenvalue weighted by molar-refractivity contribution is 6.31. The van der Waals surface area contributed by atoms with E-state index in [1.165, 1.54) is 14.2 Å². The van der Waals surface area contributed by atoms with Gasteiger partial charge in [0.2, 0.25) is 0 Å². The van der Waals surface area contributed by atoms with Gasteiger partial charge in [-0.1, -0.05) is 0 Å². The smallest absolute Gasteiger partial charge is 0.307 e. The van der Waals surface area contributed by atoms with Crippen LogP contribution in [0.25, 0.3) is 0 Å². The van der Waals surface area contributed by atoms with Gasteiger partial charge in [-0.15, -0.1) is 23.2 Å². The van der Waals surface area contributed by atoms with Crippen molar-refractivity contribution in [3.05, 3.63) is 0 Å². The Kier molecular flexibility index (Phi) is 6.66. The normalized spacial score (nSPS) is 14.3. The lowest BCUT2D eigenvalue weighted by molar-refractivity contribution is -0.142. The van der Waals surface area contributed by atoms with Gasteiger partial charge in [-0.2, -0.15) is 0 Å². The number of methoxy groups -OCH3 is 2. The second-order valence-corrected chi connectivity index (χ2v) is 3.71. The number of carbonyl (C=O) groups excluding carboxylic acids is 2. The number of esters is 2. The van der Waals surface area contributed by atoms with E-state index in [-0.39, 0.29) is 12.8 Å². The summed E-state index contributed by atoms with van der Waals surface area (Å²) < 4.78 is 8.81. The Labute approximate surface area is 92.5 Å². The summed E-state index contributed by atoms with van der Waals surface area (Å²) in [5.41, 5.74) is 0. The molecular formula is C8H12Cl2O4. The van der Waals surface area contributed by atoms with Crippen molar-refractivity contribution in [2.45, 2.75) is 23.6 Å². The Morgan fingerprint density at radius 3 is 1.50 bits per heavy atom. The standard InChI is InChI=1S/C8H12Cl2O4/c1-13-7(11)3-5(9)6(10)4-8(12)14-2/h5-6H,3-4H2,1-2H3/t5-,6+. The van der Waals surface area contributed by atoms with Crippen LogP contribution in [0.1, 0.15) is 12.8 Å². The molecule has 2 atom stereocenters. The van der Waals surface area contributed by atoms with E-state index in [1.54, 1.807) is 0 Å². The third-order valence-electron chi connectivity index (χ3n) is 1.57. The number of alkyl halides is 2. The van der Waals surface area contributed by atoms with Crippen LogP contribution in [-0.2, 0) is 19.1 Å². The quantitative estimate of drug-likeness (QED) is 0.540. The monoisotopic (exact) mass is 242 g/mol. The van der Waals surface area contributed by atoms with E-state index in [0.717, 1.165) is 0 Å². The Morgan fingerprint density at radius 1 is 1.00 bits per heavy atom. The Bertz CT molecular complexity index is 186. The van der Waals surface area contributed by atoms with Gasteiger partial charge < -0.3 is 9.47 Å². The van der Waals surface area contributed by atoms with Gasteiger partial charge in [0.1, 0.15) is 0 Å². The van der Waals surface area contributed by atoms with Gasteiger partial charge in [0, 0.05) is 0 Å². The van der Waals surface area contributed by atoms with Crippen molar-refractivity contribution < 1.29 is 19.1 Å². The second kappa shape index (κ2) is 6.90. The highest BCUT2D eigenvalue weighted by Crippen LogP contribution is 2.18. The predicted octanol–water partition coefficient (Wildman–Crippen LogP) is 1.33. The Morgan fingerprint density at radius 2 is 1.29 bits per heavy atom. The third kappa shape index (κ3) is 5.29. The second-order valence-electron chi connectivity index (χ2n) is 2.59. The van der Waals surface area contributed by atoms with Crippen molar-refractivity contribution in [1.29, 1.82) is 0 Å². The van der Waals surface area contributed by atoms with E-state index in [2.05, 4.69) is 9.47 Å². The van der Waals surface area contributed by atoms with E-state index in [0.29, 0.717) is 0 Å². The molecule has 0 radical (unpaired) electrons. The lowest BCUT2D eigenvalue weighted by atomic mass is 10.2. The number of hydrogen-bond donors (Lipinski definition) is 0. The molecule has 0 aliphatic rings. The van der Waals surface area contributed by atoms with Crippen LogP contribution in [0.5, 0.6) is 0 Å². The lowest BCUT2D eigenvalue weighted by Gasteiger charge is -2.13. The van der Waals surface area contributed by atoms with Crippen LogP contribution >= 0.6 is 23.2 Å². The molecule has 0 spiro atoms. The first-order valence-corrected chi connectivity index (χ1v) is 4.80. The molecule has 0 amide bonds. The van der Waals surface area contributed by atoms with Gasteiger partial charge in [0.15, 0.2) is 0 Å². The van der Waals surface area contributed by atoms with E-state index in [4.69, 9.17) is 23.2 Å². The van der Waals surface area contributed by atoms with Gasteiger partial charge in [-0.3, -0.25) is 9.59 Å². The number of hydrogen-bond acceptors (Lipinski definition) is 4. The summed E-state index contributed by atoms with van der Waals surface area (Å²) in [5, 5.41) is -1.27. The Hall–Kier alpha value is -0.480. The van der Waals surface area contributed by atoms with Crippen molar-refractivity contribution in [3.63, 3.8) is 0 Å². The van der Waals surface area contributed by atoms with Gasteiger partial charge in [0.05, 0.1) is 37.8 Å². The molecule has 14 heavy (non-hydrogen) atoms. The number of ether oxygens (including phenoxy) is 2. The molecule has 82 valence electrons. The fourth-order valence-electron chi connectivity index (χ4n) is 0.741. The zero-order valence-corrected chi connectivity index (χ0v) is 9.47. The van der Waals surface area contributed by atoms with E-state index >= 15 is 0 Å². The summed E-state index contributed by atoms with van der Waals surface area (Å²) >= 11 is 11.5. The number of halogens is 2. The third-order valence-corrected chi connectivity index (χ3v) is 2.62. The molecule has 0 fully saturated rings. The zero-order valence-electron chi connectivity index (χ0n) is 7.96. The number of carbonyl (C=O) groups is 2. The summed E-state index contributed by atoms with van der Waals surface area (Å²) in [6, 6.07) is 0. The van der Waals surface area contributed by atoms with Crippen LogP contribution in [0.3, 0.4) is 0 Å². The summed E-state index contributed by atoms with van der Waals surface area (Å²) in [7, 11) is 2.52. The molecule has 0 bridgehead atoms. The van der Waals surface area contributed by atoms with Crippen molar-refractivity contribution in [1.82, 2.24) is 0 Å². The fraction of sp³-hybridized carbons (Fsp3) is 0.750. The molecular weight excluding hydrogens is 231 g/mol. The van der Waals surface area contributed by atoms with E-state index in [9.17, 15) is 9.59 Å². The molecule has 0 saturated heterocycles. The largest absolute Gasteiger partial charge is 0.469 e. The average molecular weight is 243 g/mol. The molecule has 0 heterocycles. The van der Waals surface area contributed by atoms with Gasteiger partial charge >= 0.3 is 11.9 Å². The molecule has 0 aliphatic carbocycles. The van der Waals surface area contributed by atoms with Crippen LogP contribution in [0.2, 0.25) is 0 Å². The molecule has 0 aromatic heterocycles. The summed E-state index contributed by atoms with van der Waals surface area (Å²) in [4.78, 5) is 21.6. The topological polar surface area (TPSA) is 52.6 Å². The van der Waals surface area contributed by atoms with Crippen LogP contribution in [0, 0.1) is 0 Å². The van der Waals surface area contributed by atoms with Crippen molar-refractivity contribution in [3.8, 4) is 0 Å². The average Bonchev–Trinajstić information content (AvgIpc) is 2.17. The minimum absolute atomic E-state index is 0.0246. The molecule has 0 aromatic carbocycles. The maximum Gasteiger partial charge on any atom is 0.307 e. The lowest BCUT2D eigenvalue weighted by Crippen LogP contribution is -2.23. The van der Waals surface area contributed by atoms with Crippen LogP contribution in [-0.4, -0.2) is 36.9 Å². The first-order valence-electron chi connectivity index (χ1n) is 3.93. The first-order chi connectivity index (χ1) is 6.51. The highest BCUT2D eigenvalue weighted by Gasteiger charge is 2.23. The van der Waals surface area contributed by atoms with Crippen molar-refractivity contribution in [2.24, 2.45) is 0 Å². The van der Waals surface area contributed by atoms with E-state index in [1.807, 2.05) is 0 Å². The van der Waals surface area contributed by atoms with Crippen LogP contribution in [0.4, 0.5) is 0 Å². The molecule has 0 unspecified atom stereocenters. The van der Waals surface area contributed by atoms with Crippen LogP contribution < -0.4 is 0 Å². The molecule has 0 aromatic rings. The van der Waals surface area contributed by atoms with Gasteiger partial charge in [-0.05, 0) is 0 Å². The SMILES string of the molecule is COC(=O)C[C@@H](Cl)[C@@H](Cl)CC(=O)OC. The minimum atomic E-state index is -0.636. The van der Waals surface area contributed by atoms with Gasteiger partial charge in [-0.25, -0.2) is 0 Å². The molecule has 6 heteroatoms. The number of rotatable bonds is 5. The first kappa shape index (κ1) is 13.5. The minimum Gasteiger partial charge on any atom is -0.469 e. The predicted molar refractivity (Wildman–Crippen MR) is 52.5 cm³/mol. The highest BCUT2D eigenvalue weighted by atomic mass is 35.5. The van der Waals surface area contributed by atoms with Gasteiger partial charge in [0.25, 0.3) is 0 Å². The maximum atomic E-state index is 10.8. The summed E-state index contributed by atoms with van der Waals surface area (Å²) in [5.74, 6) is -0.916. The molecule has 0 N–H and O–H groups in total. The van der Waals surface area contributed by atoms with Crippen molar-refractivity contribution in [2.75, 3.05) is 14.2 Å². The van der Waals surface area contributed by atoms with E-state index < -0.39 is 22.7 Å². The van der Waals surface area contributed by atoms with Crippen molar-refractivity contribution >= 4 is 35.1 Å². The molecule has 0 saturated carbocycles. The molecule has 0 rings (SSSR count). The zero-order chi connectivity index (χ0) is 11.1. The molecule has 4 nitrogen and oxygen atoms in total.